The van der Waals surface area contributed by atoms with Crippen LogP contribution in [0.2, 0.25) is 15.1 Å². The first-order valence-corrected chi connectivity index (χ1v) is 11.4. The van der Waals surface area contributed by atoms with E-state index >= 15 is 0 Å². The first-order chi connectivity index (χ1) is 16.6. The Morgan fingerprint density at radius 2 is 1.91 bits per heavy atom. The molecule has 1 aliphatic carbocycles. The van der Waals surface area contributed by atoms with Crippen LogP contribution < -0.4 is 5.32 Å². The van der Waals surface area contributed by atoms with Gasteiger partial charge in [-0.3, -0.25) is 10.1 Å². The van der Waals surface area contributed by atoms with Crippen molar-refractivity contribution >= 4 is 52.2 Å². The van der Waals surface area contributed by atoms with E-state index in [1.807, 2.05) is 6.07 Å². The molecule has 3 aromatic rings. The van der Waals surface area contributed by atoms with Crippen molar-refractivity contribution in [2.45, 2.75) is 25.4 Å². The van der Waals surface area contributed by atoms with E-state index in [2.05, 4.69) is 15.4 Å². The smallest absolute Gasteiger partial charge is 0.293 e. The van der Waals surface area contributed by atoms with Gasteiger partial charge in [-0.2, -0.15) is 23.4 Å². The largest absolute Gasteiger partial charge is 0.392 e. The highest BCUT2D eigenvalue weighted by Crippen LogP contribution is 2.38. The number of aromatic nitrogens is 3. The van der Waals surface area contributed by atoms with Gasteiger partial charge >= 0.3 is 6.18 Å². The highest BCUT2D eigenvalue weighted by Gasteiger charge is 2.30. The number of alkyl halides is 3. The number of hydrogen-bond donors (Lipinski definition) is 1. The summed E-state index contributed by atoms with van der Waals surface area (Å²) in [5, 5.41) is 16.9. The molecule has 0 atom stereocenters. The van der Waals surface area contributed by atoms with E-state index in [4.69, 9.17) is 34.8 Å². The molecule has 0 radical (unpaired) electrons. The monoisotopic (exact) mass is 539 g/mol. The number of halogens is 6. The molecule has 6 nitrogen and oxygen atoms in total. The number of carbonyl (C=O) groups is 1. The highest BCUT2D eigenvalue weighted by molar-refractivity contribution is 6.48. The van der Waals surface area contributed by atoms with Gasteiger partial charge in [-0.1, -0.05) is 53.0 Å². The van der Waals surface area contributed by atoms with Crippen LogP contribution in [0.3, 0.4) is 0 Å². The summed E-state index contributed by atoms with van der Waals surface area (Å²) < 4.78 is 40.6. The van der Waals surface area contributed by atoms with Crippen LogP contribution in [-0.4, -0.2) is 26.8 Å². The molecule has 1 heterocycles. The van der Waals surface area contributed by atoms with Gasteiger partial charge in [0, 0.05) is 11.5 Å². The summed E-state index contributed by atoms with van der Waals surface area (Å²) in [6, 6.07) is 9.44. The third-order valence-corrected chi connectivity index (χ3v) is 6.40. The number of carbonyl (C=O) groups excluding carboxylic acids is 1. The zero-order valence-corrected chi connectivity index (χ0v) is 20.0. The second kappa shape index (κ2) is 9.90. The number of allylic oxidation sites excluding steroid dienone is 1. The minimum Gasteiger partial charge on any atom is -0.293 e. The molecule has 4 rings (SSSR count). The normalized spacial score (nSPS) is 14.0. The Labute approximate surface area is 212 Å². The summed E-state index contributed by atoms with van der Waals surface area (Å²) in [5.74, 6) is -0.189. The Morgan fingerprint density at radius 3 is 2.51 bits per heavy atom. The van der Waals surface area contributed by atoms with E-state index in [0.717, 1.165) is 18.9 Å². The van der Waals surface area contributed by atoms with Crippen LogP contribution in [-0.2, 0) is 4.79 Å². The Hall–Kier alpha value is -3.06. The van der Waals surface area contributed by atoms with Crippen LogP contribution in [0.15, 0.2) is 42.7 Å². The maximum atomic E-state index is 13.1. The van der Waals surface area contributed by atoms with E-state index in [-0.39, 0.29) is 60.8 Å². The lowest BCUT2D eigenvalue weighted by Crippen LogP contribution is -2.14. The molecule has 12 heteroatoms. The molecule has 1 saturated carbocycles. The van der Waals surface area contributed by atoms with Gasteiger partial charge < -0.3 is 0 Å². The quantitative estimate of drug-likeness (QED) is 0.347. The van der Waals surface area contributed by atoms with Gasteiger partial charge in [-0.15, -0.1) is 5.10 Å². The number of hydrogen-bond acceptors (Lipinski definition) is 4. The molecular weight excluding hydrogens is 526 g/mol. The molecule has 35 heavy (non-hydrogen) atoms. The van der Waals surface area contributed by atoms with Crippen molar-refractivity contribution in [3.63, 3.8) is 0 Å². The van der Waals surface area contributed by atoms with Gasteiger partial charge in [0.1, 0.15) is 12.4 Å². The lowest BCUT2D eigenvalue weighted by Gasteiger charge is -2.15. The van der Waals surface area contributed by atoms with E-state index in [9.17, 15) is 23.2 Å². The molecule has 1 aromatic heterocycles. The summed E-state index contributed by atoms with van der Waals surface area (Å²) in [6.07, 6.45) is -1.87. The highest BCUT2D eigenvalue weighted by atomic mass is 35.5. The Morgan fingerprint density at radius 1 is 1.23 bits per heavy atom. The summed E-state index contributed by atoms with van der Waals surface area (Å²) in [5.41, 5.74) is 0.825. The first kappa shape index (κ1) is 25.0. The Kier molecular flexibility index (Phi) is 7.08. The van der Waals surface area contributed by atoms with Crippen molar-refractivity contribution in [1.29, 1.82) is 5.26 Å². The number of anilines is 1. The van der Waals surface area contributed by atoms with Gasteiger partial charge in [0.25, 0.3) is 0 Å². The van der Waals surface area contributed by atoms with Crippen molar-refractivity contribution in [2.24, 2.45) is 5.92 Å². The predicted octanol–water partition coefficient (Wildman–Crippen LogP) is 6.83. The zero-order valence-electron chi connectivity index (χ0n) is 17.7. The second-order valence-corrected chi connectivity index (χ2v) is 8.97. The Bertz CT molecular complexity index is 1350. The summed E-state index contributed by atoms with van der Waals surface area (Å²) in [7, 11) is 0. The van der Waals surface area contributed by atoms with E-state index in [1.165, 1.54) is 29.2 Å². The first-order valence-electron chi connectivity index (χ1n) is 10.3. The summed E-state index contributed by atoms with van der Waals surface area (Å²) in [6.45, 7) is 0. The van der Waals surface area contributed by atoms with Gasteiger partial charge in [-0.05, 0) is 42.2 Å². The number of rotatable bonds is 6. The number of nitrogens with zero attached hydrogens (tertiary/aromatic N) is 4. The minimum atomic E-state index is -4.49. The Balaban J connectivity index is 1.80. The molecule has 1 amide bonds. The van der Waals surface area contributed by atoms with E-state index in [1.54, 1.807) is 12.1 Å². The van der Waals surface area contributed by atoms with Gasteiger partial charge in [-0.25, -0.2) is 4.68 Å². The average Bonchev–Trinajstić information content (AvgIpc) is 3.56. The number of nitriles is 1. The molecule has 0 saturated heterocycles. The van der Waals surface area contributed by atoms with E-state index < -0.39 is 12.6 Å². The number of amides is 1. The summed E-state index contributed by atoms with van der Waals surface area (Å²) in [4.78, 5) is 16.0. The van der Waals surface area contributed by atoms with Crippen molar-refractivity contribution in [1.82, 2.24) is 14.8 Å². The molecular formula is C23H15Cl3F3N5O. The lowest BCUT2D eigenvalue weighted by molar-refractivity contribution is -0.125. The van der Waals surface area contributed by atoms with Crippen molar-refractivity contribution in [3.05, 3.63) is 74.5 Å². The van der Waals surface area contributed by atoms with Crippen molar-refractivity contribution < 1.29 is 18.0 Å². The maximum absolute atomic E-state index is 13.1. The maximum Gasteiger partial charge on any atom is 0.392 e. The van der Waals surface area contributed by atoms with E-state index in [0.29, 0.717) is 0 Å². The van der Waals surface area contributed by atoms with Crippen LogP contribution in [0.5, 0.6) is 0 Å². The molecule has 0 unspecified atom stereocenters. The minimum absolute atomic E-state index is 0.0353. The lowest BCUT2D eigenvalue weighted by atomic mass is 9.92. The van der Waals surface area contributed by atoms with Crippen LogP contribution >= 0.6 is 34.8 Å². The van der Waals surface area contributed by atoms with Crippen molar-refractivity contribution in [2.75, 3.05) is 5.32 Å². The second-order valence-electron chi connectivity index (χ2n) is 7.78. The topological polar surface area (TPSA) is 83.6 Å². The van der Waals surface area contributed by atoms with Crippen LogP contribution in [0.1, 0.15) is 36.0 Å². The third-order valence-electron chi connectivity index (χ3n) is 5.20. The van der Waals surface area contributed by atoms with Gasteiger partial charge in [0.15, 0.2) is 0 Å². The summed E-state index contributed by atoms with van der Waals surface area (Å²) >= 11 is 18.3. The van der Waals surface area contributed by atoms with Crippen molar-refractivity contribution in [3.8, 4) is 11.8 Å². The molecule has 180 valence electrons. The zero-order chi connectivity index (χ0) is 25.3. The molecule has 1 aliphatic rings. The molecule has 0 bridgehead atoms. The fourth-order valence-electron chi connectivity index (χ4n) is 3.38. The van der Waals surface area contributed by atoms with Gasteiger partial charge in [0.05, 0.1) is 32.7 Å². The molecule has 0 aliphatic heterocycles. The number of nitrogens with one attached hydrogen (secondary N) is 1. The molecule has 1 N–H and O–H groups in total. The van der Waals surface area contributed by atoms with Gasteiger partial charge in [0.2, 0.25) is 11.9 Å². The van der Waals surface area contributed by atoms with Crippen LogP contribution in [0.25, 0.3) is 11.3 Å². The molecule has 1 fully saturated rings. The van der Waals surface area contributed by atoms with Crippen LogP contribution in [0.4, 0.5) is 19.1 Å². The molecule has 2 aromatic carbocycles. The third kappa shape index (κ3) is 5.78. The standard InChI is InChI=1S/C23H15Cl3F3N5O/c24-17-8-13(9-18(25)20(17)26)14(6-7-23(27,28)29)15-2-1-3-19(16(15)10-30)34-11-31-22(33-34)32-21(35)12-4-5-12/h1-3,6,8-9,11-12H,4-5,7H2,(H,32,33,35)/b14-6+. The SMILES string of the molecule is N#Cc1c(/C(=C/CC(F)(F)F)c2cc(Cl)c(Cl)c(Cl)c2)cccc1-n1cnc(NC(=O)C2CC2)n1. The molecule has 0 spiro atoms. The predicted molar refractivity (Wildman–Crippen MR) is 127 cm³/mol. The fourth-order valence-corrected chi connectivity index (χ4v) is 3.98. The van der Waals surface area contributed by atoms with Crippen LogP contribution in [0, 0.1) is 17.2 Å². The average molecular weight is 541 g/mol. The fraction of sp³-hybridized carbons (Fsp3) is 0.217. The number of benzene rings is 2.